The number of nitrogens with zero attached hydrogens (tertiary/aromatic N) is 1. The number of nitrogens with one attached hydrogen (secondary N) is 1. The molecule has 1 aliphatic rings. The van der Waals surface area contributed by atoms with Gasteiger partial charge >= 0.3 is 0 Å². The van der Waals surface area contributed by atoms with E-state index in [1.165, 1.54) is 7.11 Å². The first-order valence-electron chi connectivity index (χ1n) is 7.51. The van der Waals surface area contributed by atoms with Crippen LogP contribution in [0.15, 0.2) is 0 Å². The summed E-state index contributed by atoms with van der Waals surface area (Å²) in [7, 11) is 1.46. The van der Waals surface area contributed by atoms with Crippen molar-refractivity contribution in [2.24, 2.45) is 17.1 Å². The van der Waals surface area contributed by atoms with Gasteiger partial charge in [0.25, 0.3) is 0 Å². The van der Waals surface area contributed by atoms with E-state index in [2.05, 4.69) is 19.2 Å². The molecule has 0 aromatic carbocycles. The predicted octanol–water partition coefficient (Wildman–Crippen LogP) is 0.359. The van der Waals surface area contributed by atoms with Crippen LogP contribution in [-0.4, -0.2) is 55.6 Å². The standard InChI is InChI=1S/C15H29N3O3/c1-10(2)13(17-12(19)8-21-5)14(20)18-7-6-11(16)15(3,4)9-18/h10-11,13H,6-9,16H2,1-5H3,(H,17,19)/t11?,13-/m0/s1. The number of nitrogens with two attached hydrogens (primary N) is 1. The second-order valence-electron chi connectivity index (χ2n) is 6.87. The number of hydrogen-bond donors (Lipinski definition) is 2. The number of rotatable bonds is 5. The van der Waals surface area contributed by atoms with E-state index in [1.54, 1.807) is 0 Å². The van der Waals surface area contributed by atoms with Crippen molar-refractivity contribution in [2.75, 3.05) is 26.8 Å². The molecule has 0 saturated carbocycles. The van der Waals surface area contributed by atoms with Crippen LogP contribution < -0.4 is 11.1 Å². The number of carbonyl (C=O) groups is 2. The summed E-state index contributed by atoms with van der Waals surface area (Å²) >= 11 is 0. The molecule has 0 aromatic heterocycles. The van der Waals surface area contributed by atoms with Crippen molar-refractivity contribution >= 4 is 11.8 Å². The molecule has 1 fully saturated rings. The van der Waals surface area contributed by atoms with Gasteiger partial charge in [-0.05, 0) is 17.8 Å². The zero-order valence-electron chi connectivity index (χ0n) is 13.8. The van der Waals surface area contributed by atoms with Gasteiger partial charge in [0.2, 0.25) is 11.8 Å². The fourth-order valence-corrected chi connectivity index (χ4v) is 2.62. The van der Waals surface area contributed by atoms with E-state index in [1.807, 2.05) is 18.7 Å². The molecule has 0 aliphatic carbocycles. The van der Waals surface area contributed by atoms with Gasteiger partial charge in [0.1, 0.15) is 12.6 Å². The van der Waals surface area contributed by atoms with Gasteiger partial charge in [-0.2, -0.15) is 0 Å². The van der Waals surface area contributed by atoms with Crippen molar-refractivity contribution in [2.45, 2.75) is 46.2 Å². The number of piperidine rings is 1. The van der Waals surface area contributed by atoms with E-state index < -0.39 is 6.04 Å². The molecular weight excluding hydrogens is 270 g/mol. The maximum absolute atomic E-state index is 12.7. The second kappa shape index (κ2) is 7.22. The van der Waals surface area contributed by atoms with E-state index >= 15 is 0 Å². The molecule has 0 aromatic rings. The highest BCUT2D eigenvalue weighted by Crippen LogP contribution is 2.28. The van der Waals surface area contributed by atoms with Crippen LogP contribution in [0.5, 0.6) is 0 Å². The van der Waals surface area contributed by atoms with Gasteiger partial charge in [-0.3, -0.25) is 9.59 Å². The Morgan fingerprint density at radius 1 is 1.43 bits per heavy atom. The Morgan fingerprint density at radius 3 is 2.52 bits per heavy atom. The maximum Gasteiger partial charge on any atom is 0.246 e. The number of carbonyl (C=O) groups excluding carboxylic acids is 2. The average Bonchev–Trinajstić information content (AvgIpc) is 2.38. The summed E-state index contributed by atoms with van der Waals surface area (Å²) in [5, 5.41) is 2.77. The molecule has 1 aliphatic heterocycles. The smallest absolute Gasteiger partial charge is 0.246 e. The summed E-state index contributed by atoms with van der Waals surface area (Å²) < 4.78 is 4.80. The molecule has 1 rings (SSSR count). The van der Waals surface area contributed by atoms with Crippen LogP contribution in [-0.2, 0) is 14.3 Å². The molecule has 3 N–H and O–H groups in total. The van der Waals surface area contributed by atoms with Crippen molar-refractivity contribution in [3.05, 3.63) is 0 Å². The first-order chi connectivity index (χ1) is 9.69. The van der Waals surface area contributed by atoms with Crippen molar-refractivity contribution in [3.8, 4) is 0 Å². The predicted molar refractivity (Wildman–Crippen MR) is 81.6 cm³/mol. The van der Waals surface area contributed by atoms with Gasteiger partial charge in [-0.15, -0.1) is 0 Å². The Labute approximate surface area is 127 Å². The highest BCUT2D eigenvalue weighted by Gasteiger charge is 2.38. The first kappa shape index (κ1) is 17.9. The third-order valence-electron chi connectivity index (χ3n) is 4.15. The highest BCUT2D eigenvalue weighted by atomic mass is 16.5. The normalized spacial score (nSPS) is 23.0. The number of hydrogen-bond acceptors (Lipinski definition) is 4. The lowest BCUT2D eigenvalue weighted by molar-refractivity contribution is -0.141. The van der Waals surface area contributed by atoms with E-state index in [0.717, 1.165) is 6.42 Å². The van der Waals surface area contributed by atoms with Gasteiger partial charge in [0.05, 0.1) is 0 Å². The molecule has 2 atom stereocenters. The van der Waals surface area contributed by atoms with Gasteiger partial charge in [0, 0.05) is 26.2 Å². The van der Waals surface area contributed by atoms with Crippen LogP contribution in [0.25, 0.3) is 0 Å². The molecule has 0 radical (unpaired) electrons. The molecule has 1 unspecified atom stereocenters. The zero-order valence-corrected chi connectivity index (χ0v) is 13.8. The quantitative estimate of drug-likeness (QED) is 0.767. The topological polar surface area (TPSA) is 84.7 Å². The van der Waals surface area contributed by atoms with Crippen LogP contribution in [0.3, 0.4) is 0 Å². The van der Waals surface area contributed by atoms with Gasteiger partial charge in [-0.1, -0.05) is 27.7 Å². The lowest BCUT2D eigenvalue weighted by Crippen LogP contribution is -2.59. The minimum atomic E-state index is -0.516. The third-order valence-corrected chi connectivity index (χ3v) is 4.15. The molecule has 6 nitrogen and oxygen atoms in total. The van der Waals surface area contributed by atoms with Gasteiger partial charge in [0.15, 0.2) is 0 Å². The Bertz CT molecular complexity index is 382. The number of likely N-dealkylation sites (tertiary alicyclic amines) is 1. The highest BCUT2D eigenvalue weighted by molar-refractivity contribution is 5.88. The second-order valence-corrected chi connectivity index (χ2v) is 6.87. The van der Waals surface area contributed by atoms with Crippen LogP contribution in [0.1, 0.15) is 34.1 Å². The fraction of sp³-hybridized carbons (Fsp3) is 0.867. The molecule has 1 heterocycles. The molecule has 6 heteroatoms. The summed E-state index contributed by atoms with van der Waals surface area (Å²) in [4.78, 5) is 26.2. The summed E-state index contributed by atoms with van der Waals surface area (Å²) in [6, 6.07) is -0.417. The average molecular weight is 299 g/mol. The fourth-order valence-electron chi connectivity index (χ4n) is 2.62. The molecule has 1 saturated heterocycles. The van der Waals surface area contributed by atoms with Crippen LogP contribution in [0.4, 0.5) is 0 Å². The van der Waals surface area contributed by atoms with Crippen LogP contribution in [0, 0.1) is 11.3 Å². The minimum Gasteiger partial charge on any atom is -0.375 e. The zero-order chi connectivity index (χ0) is 16.2. The molecule has 2 amide bonds. The van der Waals surface area contributed by atoms with Crippen LogP contribution in [0.2, 0.25) is 0 Å². The SMILES string of the molecule is COCC(=O)N[C@H](C(=O)N1CCC(N)C(C)(C)C1)C(C)C. The third kappa shape index (κ3) is 4.68. The minimum absolute atomic E-state index is 0.0250. The van der Waals surface area contributed by atoms with E-state index in [-0.39, 0.29) is 35.8 Å². The molecule has 122 valence electrons. The molecule has 0 bridgehead atoms. The number of ether oxygens (including phenoxy) is 1. The lowest BCUT2D eigenvalue weighted by atomic mass is 9.79. The largest absolute Gasteiger partial charge is 0.375 e. The van der Waals surface area contributed by atoms with Gasteiger partial charge < -0.3 is 20.7 Å². The summed E-state index contributed by atoms with van der Waals surface area (Å²) in [6.45, 7) is 9.24. The Kier molecular flexibility index (Phi) is 6.16. The number of amides is 2. The van der Waals surface area contributed by atoms with Crippen molar-refractivity contribution in [1.29, 1.82) is 0 Å². The Balaban J connectivity index is 2.75. The summed E-state index contributed by atoms with van der Waals surface area (Å²) in [5.41, 5.74) is 6.00. The van der Waals surface area contributed by atoms with Crippen LogP contribution >= 0.6 is 0 Å². The molecule has 21 heavy (non-hydrogen) atoms. The number of methoxy groups -OCH3 is 1. The Hall–Kier alpha value is -1.14. The Morgan fingerprint density at radius 2 is 2.05 bits per heavy atom. The summed E-state index contributed by atoms with van der Waals surface area (Å²) in [6.07, 6.45) is 0.787. The van der Waals surface area contributed by atoms with Gasteiger partial charge in [-0.25, -0.2) is 0 Å². The van der Waals surface area contributed by atoms with Crippen molar-refractivity contribution in [3.63, 3.8) is 0 Å². The van der Waals surface area contributed by atoms with E-state index in [0.29, 0.717) is 13.1 Å². The van der Waals surface area contributed by atoms with Crippen molar-refractivity contribution in [1.82, 2.24) is 10.2 Å². The maximum atomic E-state index is 12.7. The monoisotopic (exact) mass is 299 g/mol. The summed E-state index contributed by atoms with van der Waals surface area (Å²) in [5.74, 6) is -0.274. The van der Waals surface area contributed by atoms with E-state index in [4.69, 9.17) is 10.5 Å². The van der Waals surface area contributed by atoms with Crippen molar-refractivity contribution < 1.29 is 14.3 Å². The van der Waals surface area contributed by atoms with E-state index in [9.17, 15) is 9.59 Å². The molecular formula is C15H29N3O3. The lowest BCUT2D eigenvalue weighted by Gasteiger charge is -2.44. The first-order valence-corrected chi connectivity index (χ1v) is 7.51. The molecule has 0 spiro atoms.